The predicted molar refractivity (Wildman–Crippen MR) is 131 cm³/mol. The third-order valence-corrected chi connectivity index (χ3v) is 6.05. The Bertz CT molecular complexity index is 1580. The highest BCUT2D eigenvalue weighted by molar-refractivity contribution is 6.53. The van der Waals surface area contributed by atoms with E-state index in [1.165, 1.54) is 36.1 Å². The number of rotatable bonds is 5. The molecule has 2 aromatic heterocycles. The van der Waals surface area contributed by atoms with E-state index in [4.69, 9.17) is 4.74 Å². The van der Waals surface area contributed by atoms with Gasteiger partial charge in [0.2, 0.25) is 0 Å². The number of aromatic nitrogens is 3. The number of H-pyrrole nitrogens is 1. The average Bonchev–Trinajstić information content (AvgIpc) is 3.31. The van der Waals surface area contributed by atoms with Crippen LogP contribution >= 0.6 is 0 Å². The summed E-state index contributed by atoms with van der Waals surface area (Å²) in [6.45, 7) is 3.55. The van der Waals surface area contributed by atoms with E-state index in [0.29, 0.717) is 22.8 Å². The minimum Gasteiger partial charge on any atom is -0.497 e. The molecule has 0 saturated heterocycles. The van der Waals surface area contributed by atoms with Gasteiger partial charge in [0.25, 0.3) is 17.2 Å². The number of carbonyl (C=O) groups excluding carboxylic acids is 2. The van der Waals surface area contributed by atoms with Crippen molar-refractivity contribution in [2.45, 2.75) is 13.8 Å². The topological polar surface area (TPSA) is 88.3 Å². The Hall–Kier alpha value is -4.79. The molecule has 0 fully saturated rings. The maximum atomic E-state index is 13.8. The minimum absolute atomic E-state index is 0.0238. The summed E-state index contributed by atoms with van der Waals surface area (Å²) in [5.74, 6) is -1.06. The van der Waals surface area contributed by atoms with Crippen LogP contribution in [-0.4, -0.2) is 28.7 Å². The molecule has 0 saturated carbocycles. The number of benzene rings is 2. The van der Waals surface area contributed by atoms with E-state index < -0.39 is 23.2 Å². The molecule has 1 aliphatic rings. The molecule has 0 atom stereocenters. The van der Waals surface area contributed by atoms with Gasteiger partial charge in [0.15, 0.2) is 12.4 Å². The molecular formula is C27H22FN4O4+. The highest BCUT2D eigenvalue weighted by Crippen LogP contribution is 2.34. The number of amides is 2. The van der Waals surface area contributed by atoms with Gasteiger partial charge in [-0.15, -0.1) is 0 Å². The van der Waals surface area contributed by atoms with E-state index in [1.807, 2.05) is 6.92 Å². The molecule has 3 heterocycles. The molecule has 8 nitrogen and oxygen atoms in total. The van der Waals surface area contributed by atoms with Crippen LogP contribution in [0.25, 0.3) is 17.0 Å². The Labute approximate surface area is 205 Å². The quantitative estimate of drug-likeness (QED) is 0.348. The fourth-order valence-electron chi connectivity index (χ4n) is 4.21. The number of halogens is 1. The van der Waals surface area contributed by atoms with Crippen LogP contribution in [-0.2, 0) is 9.59 Å². The number of nitrogens with zero attached hydrogens (tertiary/aromatic N) is 3. The van der Waals surface area contributed by atoms with Crippen molar-refractivity contribution in [2.24, 2.45) is 0 Å². The molecule has 1 aliphatic heterocycles. The zero-order chi connectivity index (χ0) is 25.6. The molecule has 4 aromatic rings. The molecule has 0 bridgehead atoms. The van der Waals surface area contributed by atoms with Gasteiger partial charge in [-0.25, -0.2) is 14.0 Å². The first-order chi connectivity index (χ1) is 17.3. The Morgan fingerprint density at radius 3 is 2.06 bits per heavy atom. The van der Waals surface area contributed by atoms with Crippen molar-refractivity contribution in [1.82, 2.24) is 9.78 Å². The first-order valence-electron chi connectivity index (χ1n) is 11.1. The Morgan fingerprint density at radius 1 is 0.833 bits per heavy atom. The second kappa shape index (κ2) is 8.77. The van der Waals surface area contributed by atoms with Gasteiger partial charge in [0.05, 0.1) is 24.0 Å². The maximum Gasteiger partial charge on any atom is 0.331 e. The van der Waals surface area contributed by atoms with Gasteiger partial charge in [0.1, 0.15) is 17.1 Å². The number of carbonyl (C=O) groups is 2. The fourth-order valence-corrected chi connectivity index (χ4v) is 4.21. The number of pyridine rings is 1. The zero-order valence-electron chi connectivity index (χ0n) is 19.8. The standard InChI is InChI=1S/C27H21FN4O4/c1-16-12-14-30(15-13-16)24-23(25(33)31(27(24)35)19-8-10-21(36-3)11-9-19)22-17(2)29-32(26(22)34)20-6-4-18(28)5-7-20/h4-15H,1-3H3/p+1. The second-order valence-corrected chi connectivity index (χ2v) is 8.38. The van der Waals surface area contributed by atoms with Gasteiger partial charge < -0.3 is 4.74 Å². The fraction of sp³-hybridized carbons (Fsp3) is 0.111. The molecule has 180 valence electrons. The number of hydrogen-bond acceptors (Lipinski definition) is 4. The summed E-state index contributed by atoms with van der Waals surface area (Å²) in [5, 5.41) is 2.95. The average molecular weight is 485 g/mol. The van der Waals surface area contributed by atoms with E-state index in [1.54, 1.807) is 60.3 Å². The van der Waals surface area contributed by atoms with E-state index in [2.05, 4.69) is 5.10 Å². The van der Waals surface area contributed by atoms with Crippen molar-refractivity contribution in [3.8, 4) is 11.4 Å². The number of aryl methyl sites for hydroxylation is 2. The summed E-state index contributed by atoms with van der Waals surface area (Å²) in [6.07, 6.45) is 3.35. The molecule has 2 aromatic carbocycles. The monoisotopic (exact) mass is 485 g/mol. The van der Waals surface area contributed by atoms with Gasteiger partial charge in [-0.3, -0.25) is 19.5 Å². The number of aromatic amines is 1. The van der Waals surface area contributed by atoms with E-state index in [9.17, 15) is 18.8 Å². The lowest BCUT2D eigenvalue weighted by Gasteiger charge is -2.14. The van der Waals surface area contributed by atoms with E-state index >= 15 is 0 Å². The highest BCUT2D eigenvalue weighted by atomic mass is 19.1. The number of methoxy groups -OCH3 is 1. The van der Waals surface area contributed by atoms with Crippen LogP contribution in [0.4, 0.5) is 10.1 Å². The van der Waals surface area contributed by atoms with Crippen LogP contribution < -0.4 is 19.8 Å². The molecule has 9 heteroatoms. The lowest BCUT2D eigenvalue weighted by atomic mass is 10.1. The second-order valence-electron chi connectivity index (χ2n) is 8.38. The number of anilines is 1. The number of hydrogen-bond donors (Lipinski definition) is 1. The SMILES string of the molecule is COc1ccc(N2C(=O)C(c3c(C)[nH]n(-c4ccc(F)cc4)c3=O)=C([n+]3ccc(C)cc3)C2=O)cc1. The van der Waals surface area contributed by atoms with Crippen LogP contribution in [0.2, 0.25) is 0 Å². The normalized spacial score (nSPS) is 13.6. The summed E-state index contributed by atoms with van der Waals surface area (Å²) >= 11 is 0. The molecule has 2 amide bonds. The third-order valence-electron chi connectivity index (χ3n) is 6.05. The van der Waals surface area contributed by atoms with Crippen LogP contribution in [0, 0.1) is 19.7 Å². The number of nitrogens with one attached hydrogen (secondary N) is 1. The largest absolute Gasteiger partial charge is 0.497 e. The Balaban J connectivity index is 1.72. The van der Waals surface area contributed by atoms with Gasteiger partial charge >= 0.3 is 5.91 Å². The number of ether oxygens (including phenoxy) is 1. The van der Waals surface area contributed by atoms with E-state index in [0.717, 1.165) is 10.5 Å². The molecule has 0 spiro atoms. The van der Waals surface area contributed by atoms with Gasteiger partial charge in [-0.1, -0.05) is 0 Å². The summed E-state index contributed by atoms with van der Waals surface area (Å²) in [5.41, 5.74) is 1.66. The summed E-state index contributed by atoms with van der Waals surface area (Å²) in [4.78, 5) is 42.1. The van der Waals surface area contributed by atoms with Crippen molar-refractivity contribution in [2.75, 3.05) is 12.0 Å². The molecule has 36 heavy (non-hydrogen) atoms. The molecule has 1 N–H and O–H groups in total. The summed E-state index contributed by atoms with van der Waals surface area (Å²) < 4.78 is 21.4. The van der Waals surface area contributed by atoms with Gasteiger partial charge in [-0.2, -0.15) is 4.57 Å². The zero-order valence-corrected chi connectivity index (χ0v) is 19.8. The van der Waals surface area contributed by atoms with Crippen molar-refractivity contribution in [3.05, 3.63) is 106 Å². The molecule has 5 rings (SSSR count). The summed E-state index contributed by atoms with van der Waals surface area (Å²) in [7, 11) is 1.52. The van der Waals surface area contributed by atoms with E-state index in [-0.39, 0.29) is 16.8 Å². The predicted octanol–water partition coefficient (Wildman–Crippen LogP) is 3.16. The van der Waals surface area contributed by atoms with Crippen LogP contribution in [0.15, 0.2) is 77.9 Å². The lowest BCUT2D eigenvalue weighted by Crippen LogP contribution is -2.39. The van der Waals surface area contributed by atoms with Crippen molar-refractivity contribution < 1.29 is 23.3 Å². The molecule has 0 aliphatic carbocycles. The van der Waals surface area contributed by atoms with Gasteiger partial charge in [0, 0.05) is 17.8 Å². The first-order valence-corrected chi connectivity index (χ1v) is 11.1. The minimum atomic E-state index is -0.626. The lowest BCUT2D eigenvalue weighted by molar-refractivity contribution is -0.576. The first kappa shape index (κ1) is 23.0. The van der Waals surface area contributed by atoms with Gasteiger partial charge in [-0.05, 0) is 67.9 Å². The van der Waals surface area contributed by atoms with Crippen LogP contribution in [0.5, 0.6) is 5.75 Å². The molecule has 0 unspecified atom stereocenters. The van der Waals surface area contributed by atoms with Crippen molar-refractivity contribution in [1.29, 1.82) is 0 Å². The molecular weight excluding hydrogens is 463 g/mol. The Morgan fingerprint density at radius 2 is 1.44 bits per heavy atom. The molecule has 0 radical (unpaired) electrons. The van der Waals surface area contributed by atoms with Crippen molar-refractivity contribution in [3.63, 3.8) is 0 Å². The van der Waals surface area contributed by atoms with Crippen LogP contribution in [0.1, 0.15) is 16.8 Å². The third kappa shape index (κ3) is 3.70. The van der Waals surface area contributed by atoms with Crippen LogP contribution in [0.3, 0.4) is 0 Å². The number of imide groups is 1. The maximum absolute atomic E-state index is 13.8. The van der Waals surface area contributed by atoms with Crippen molar-refractivity contribution >= 4 is 28.8 Å². The smallest absolute Gasteiger partial charge is 0.331 e. The Kier molecular flexibility index (Phi) is 5.60. The highest BCUT2D eigenvalue weighted by Gasteiger charge is 2.48. The summed E-state index contributed by atoms with van der Waals surface area (Å²) in [6, 6.07) is 15.5.